The summed E-state index contributed by atoms with van der Waals surface area (Å²) in [6, 6.07) is 6.37. The zero-order chi connectivity index (χ0) is 27.7. The van der Waals surface area contributed by atoms with Crippen molar-refractivity contribution >= 4 is 23.0 Å². The molecule has 2 aliphatic carbocycles. The summed E-state index contributed by atoms with van der Waals surface area (Å²) in [5, 5.41) is 6.09. The third-order valence-electron chi connectivity index (χ3n) is 7.29. The number of benzene rings is 1. The standard InChI is InChI=1S/C30H37FN4O4/c1-17-25(28(36)34-20-8-10-21(11-9-20)35-29(37)39-30(2,3)4)27-26(33-17)22(13-14-32-27)23-15-19(31)7-12-24(23)38-16-18-5-6-18/h7,12-15,18,20-21,33H,5-6,8-11,16H2,1-4H3,(H,34,36)(H,35,37). The lowest BCUT2D eigenvalue weighted by atomic mass is 9.91. The van der Waals surface area contributed by atoms with Crippen LogP contribution in [0.3, 0.4) is 0 Å². The Labute approximate surface area is 228 Å². The minimum absolute atomic E-state index is 0.00707. The molecule has 0 radical (unpaired) electrons. The summed E-state index contributed by atoms with van der Waals surface area (Å²) in [6.07, 6.45) is 6.55. The minimum Gasteiger partial charge on any atom is -0.493 e. The maximum Gasteiger partial charge on any atom is 0.407 e. The van der Waals surface area contributed by atoms with Gasteiger partial charge in [-0.2, -0.15) is 0 Å². The van der Waals surface area contributed by atoms with Crippen LogP contribution in [0.4, 0.5) is 9.18 Å². The average Bonchev–Trinajstić information content (AvgIpc) is 3.62. The first kappa shape index (κ1) is 27.0. The number of rotatable bonds is 7. The van der Waals surface area contributed by atoms with Crippen LogP contribution in [0, 0.1) is 18.7 Å². The SMILES string of the molecule is Cc1[nH]c2c(-c3cc(F)ccc3OCC3CC3)ccnc2c1C(=O)NC1CCC(NC(=O)OC(C)(C)C)CC1. The maximum absolute atomic E-state index is 14.3. The van der Waals surface area contributed by atoms with Gasteiger partial charge < -0.3 is 25.1 Å². The highest BCUT2D eigenvalue weighted by Crippen LogP contribution is 2.38. The van der Waals surface area contributed by atoms with Gasteiger partial charge in [0.1, 0.15) is 22.7 Å². The van der Waals surface area contributed by atoms with E-state index >= 15 is 0 Å². The summed E-state index contributed by atoms with van der Waals surface area (Å²) >= 11 is 0. The molecule has 3 N–H and O–H groups in total. The largest absolute Gasteiger partial charge is 0.493 e. The number of fused-ring (bicyclic) bond motifs is 1. The molecule has 0 aliphatic heterocycles. The molecule has 208 valence electrons. The number of aromatic amines is 1. The molecular formula is C30H37FN4O4. The van der Waals surface area contributed by atoms with Crippen LogP contribution in [0.15, 0.2) is 30.5 Å². The molecule has 1 aromatic carbocycles. The number of aryl methyl sites for hydroxylation is 1. The molecule has 3 aromatic rings. The molecule has 2 fully saturated rings. The molecule has 39 heavy (non-hydrogen) atoms. The lowest BCUT2D eigenvalue weighted by molar-refractivity contribution is 0.0488. The maximum atomic E-state index is 14.3. The first-order valence-corrected chi connectivity index (χ1v) is 13.8. The van der Waals surface area contributed by atoms with E-state index in [4.69, 9.17) is 9.47 Å². The Morgan fingerprint density at radius 3 is 2.38 bits per heavy atom. The number of ether oxygens (including phenoxy) is 2. The molecule has 2 aromatic heterocycles. The summed E-state index contributed by atoms with van der Waals surface area (Å²) < 4.78 is 25.7. The van der Waals surface area contributed by atoms with Gasteiger partial charge in [0.25, 0.3) is 5.91 Å². The van der Waals surface area contributed by atoms with Gasteiger partial charge in [-0.15, -0.1) is 0 Å². The molecule has 2 saturated carbocycles. The van der Waals surface area contributed by atoms with Gasteiger partial charge in [-0.1, -0.05) is 0 Å². The van der Waals surface area contributed by atoms with Crippen molar-refractivity contribution in [1.29, 1.82) is 0 Å². The van der Waals surface area contributed by atoms with Crippen molar-refractivity contribution < 1.29 is 23.5 Å². The summed E-state index contributed by atoms with van der Waals surface area (Å²) in [7, 11) is 0. The minimum atomic E-state index is -0.541. The van der Waals surface area contributed by atoms with Gasteiger partial charge >= 0.3 is 6.09 Å². The number of halogens is 1. The Bertz CT molecular complexity index is 1370. The molecular weight excluding hydrogens is 499 g/mol. The molecule has 8 nitrogen and oxygen atoms in total. The van der Waals surface area contributed by atoms with Crippen molar-refractivity contribution in [2.45, 2.75) is 83.9 Å². The number of hydrogen-bond donors (Lipinski definition) is 3. The molecule has 2 heterocycles. The topological polar surface area (TPSA) is 105 Å². The van der Waals surface area contributed by atoms with Crippen molar-refractivity contribution in [2.75, 3.05) is 6.61 Å². The van der Waals surface area contributed by atoms with E-state index in [0.717, 1.165) is 44.1 Å². The van der Waals surface area contributed by atoms with Gasteiger partial charge in [-0.25, -0.2) is 9.18 Å². The quantitative estimate of drug-likeness (QED) is 0.342. The van der Waals surface area contributed by atoms with Crippen LogP contribution in [0.5, 0.6) is 5.75 Å². The second kappa shape index (κ2) is 10.9. The number of pyridine rings is 1. The molecule has 0 unspecified atom stereocenters. The normalized spacial score (nSPS) is 19.5. The predicted octanol–water partition coefficient (Wildman–Crippen LogP) is 6.03. The zero-order valence-electron chi connectivity index (χ0n) is 23.0. The van der Waals surface area contributed by atoms with E-state index in [9.17, 15) is 14.0 Å². The van der Waals surface area contributed by atoms with E-state index in [1.165, 1.54) is 12.1 Å². The van der Waals surface area contributed by atoms with Gasteiger partial charge in [0.2, 0.25) is 0 Å². The van der Waals surface area contributed by atoms with Crippen molar-refractivity contribution in [2.24, 2.45) is 5.92 Å². The number of amides is 2. The Balaban J connectivity index is 1.30. The number of aromatic nitrogens is 2. The number of nitrogens with one attached hydrogen (secondary N) is 3. The Morgan fingerprint density at radius 1 is 1.03 bits per heavy atom. The van der Waals surface area contributed by atoms with Crippen molar-refractivity contribution in [1.82, 2.24) is 20.6 Å². The predicted molar refractivity (Wildman–Crippen MR) is 147 cm³/mol. The highest BCUT2D eigenvalue weighted by Gasteiger charge is 2.28. The fraction of sp³-hybridized carbons (Fsp3) is 0.500. The summed E-state index contributed by atoms with van der Waals surface area (Å²) in [4.78, 5) is 33.4. The van der Waals surface area contributed by atoms with E-state index in [2.05, 4.69) is 20.6 Å². The van der Waals surface area contributed by atoms with Crippen LogP contribution in [0.25, 0.3) is 22.2 Å². The fourth-order valence-corrected chi connectivity index (χ4v) is 5.15. The summed E-state index contributed by atoms with van der Waals surface area (Å²) in [6.45, 7) is 7.97. The molecule has 0 saturated heterocycles. The van der Waals surface area contributed by atoms with Crippen LogP contribution < -0.4 is 15.4 Å². The molecule has 2 amide bonds. The van der Waals surface area contributed by atoms with Gasteiger partial charge in [0, 0.05) is 35.1 Å². The smallest absolute Gasteiger partial charge is 0.407 e. The van der Waals surface area contributed by atoms with E-state index in [1.54, 1.807) is 12.3 Å². The van der Waals surface area contributed by atoms with Crippen molar-refractivity contribution in [3.8, 4) is 16.9 Å². The number of hydrogen-bond acceptors (Lipinski definition) is 5. The third-order valence-corrected chi connectivity index (χ3v) is 7.29. The summed E-state index contributed by atoms with van der Waals surface area (Å²) in [5.41, 5.74) is 3.22. The average molecular weight is 537 g/mol. The van der Waals surface area contributed by atoms with Gasteiger partial charge in [0.15, 0.2) is 0 Å². The van der Waals surface area contributed by atoms with Crippen LogP contribution >= 0.6 is 0 Å². The molecule has 0 spiro atoms. The van der Waals surface area contributed by atoms with E-state index in [1.807, 2.05) is 33.8 Å². The van der Waals surface area contributed by atoms with Crippen molar-refractivity contribution in [3.63, 3.8) is 0 Å². The van der Waals surface area contributed by atoms with E-state index < -0.39 is 11.7 Å². The van der Waals surface area contributed by atoms with Gasteiger partial charge in [-0.3, -0.25) is 9.78 Å². The number of H-pyrrole nitrogens is 1. The lowest BCUT2D eigenvalue weighted by Gasteiger charge is -2.30. The van der Waals surface area contributed by atoms with Crippen LogP contribution in [0.2, 0.25) is 0 Å². The molecule has 5 rings (SSSR count). The summed E-state index contributed by atoms with van der Waals surface area (Å²) in [5.74, 6) is 0.625. The highest BCUT2D eigenvalue weighted by atomic mass is 19.1. The lowest BCUT2D eigenvalue weighted by Crippen LogP contribution is -2.45. The number of carbonyl (C=O) groups is 2. The van der Waals surface area contributed by atoms with E-state index in [-0.39, 0.29) is 23.8 Å². The molecule has 0 bridgehead atoms. The monoisotopic (exact) mass is 536 g/mol. The number of carbonyl (C=O) groups excluding carboxylic acids is 2. The Hall–Kier alpha value is -3.62. The molecule has 9 heteroatoms. The highest BCUT2D eigenvalue weighted by molar-refractivity contribution is 6.09. The van der Waals surface area contributed by atoms with Crippen LogP contribution in [0.1, 0.15) is 75.3 Å². The molecule has 0 atom stereocenters. The zero-order valence-corrected chi connectivity index (χ0v) is 23.0. The Morgan fingerprint density at radius 2 is 1.72 bits per heavy atom. The molecule has 2 aliphatic rings. The van der Waals surface area contributed by atoms with Gasteiger partial charge in [0.05, 0.1) is 17.7 Å². The first-order valence-electron chi connectivity index (χ1n) is 13.8. The number of alkyl carbamates (subject to hydrolysis) is 1. The second-order valence-electron chi connectivity index (χ2n) is 11.8. The fourth-order valence-electron chi connectivity index (χ4n) is 5.15. The van der Waals surface area contributed by atoms with Gasteiger partial charge in [-0.05, 0) is 96.4 Å². The van der Waals surface area contributed by atoms with E-state index in [0.29, 0.717) is 46.1 Å². The van der Waals surface area contributed by atoms with Crippen LogP contribution in [-0.2, 0) is 4.74 Å². The second-order valence-corrected chi connectivity index (χ2v) is 11.8. The number of nitrogens with zero attached hydrogens (tertiary/aromatic N) is 1. The van der Waals surface area contributed by atoms with Crippen LogP contribution in [-0.4, -0.2) is 46.3 Å². The Kier molecular flexibility index (Phi) is 7.51. The third kappa shape index (κ3) is 6.52. The van der Waals surface area contributed by atoms with Crippen molar-refractivity contribution in [3.05, 3.63) is 47.5 Å². The first-order chi connectivity index (χ1) is 18.6.